The van der Waals surface area contributed by atoms with Crippen LogP contribution in [0.15, 0.2) is 12.2 Å². The smallest absolute Gasteiger partial charge is 0.327 e. The van der Waals surface area contributed by atoms with Gasteiger partial charge in [-0.05, 0) is 67.6 Å². The van der Waals surface area contributed by atoms with Crippen molar-refractivity contribution in [1.29, 1.82) is 0 Å². The standard InChI is InChI=1S/C19H32O2S2/c20-19(21)11-7-2-1-4-8-16-14-22-15-17(16)12-13-23-18-9-5-3-6-10-18/h7,11,16-18H,1-6,8-10,12-15H2,(H,20,21). The largest absolute Gasteiger partial charge is 0.478 e. The molecular weight excluding hydrogens is 324 g/mol. The summed E-state index contributed by atoms with van der Waals surface area (Å²) in [6.07, 6.45) is 16.4. The molecule has 0 radical (unpaired) electrons. The van der Waals surface area contributed by atoms with E-state index >= 15 is 0 Å². The molecule has 1 aliphatic heterocycles. The maximum atomic E-state index is 10.4. The number of rotatable bonds is 10. The number of carbonyl (C=O) groups is 1. The highest BCUT2D eigenvalue weighted by Gasteiger charge is 2.27. The molecule has 0 aromatic rings. The van der Waals surface area contributed by atoms with E-state index in [0.29, 0.717) is 0 Å². The molecule has 1 aliphatic carbocycles. The number of hydrogen-bond donors (Lipinski definition) is 1. The summed E-state index contributed by atoms with van der Waals surface area (Å²) >= 11 is 4.40. The first kappa shape index (κ1) is 19.2. The number of carboxylic acids is 1. The van der Waals surface area contributed by atoms with Crippen molar-refractivity contribution in [2.45, 2.75) is 69.5 Å². The molecule has 2 unspecified atom stereocenters. The van der Waals surface area contributed by atoms with Gasteiger partial charge in [0.2, 0.25) is 0 Å². The van der Waals surface area contributed by atoms with Crippen LogP contribution in [0.2, 0.25) is 0 Å². The molecule has 2 aliphatic rings. The number of hydrogen-bond acceptors (Lipinski definition) is 3. The van der Waals surface area contributed by atoms with Crippen LogP contribution in [0.25, 0.3) is 0 Å². The minimum atomic E-state index is -0.826. The zero-order valence-electron chi connectivity index (χ0n) is 14.3. The van der Waals surface area contributed by atoms with Crippen LogP contribution >= 0.6 is 23.5 Å². The molecule has 0 amide bonds. The van der Waals surface area contributed by atoms with Crippen LogP contribution in [0, 0.1) is 11.8 Å². The Labute approximate surface area is 150 Å². The third kappa shape index (κ3) is 8.02. The van der Waals surface area contributed by atoms with Gasteiger partial charge in [-0.1, -0.05) is 31.8 Å². The summed E-state index contributed by atoms with van der Waals surface area (Å²) < 4.78 is 0. The van der Waals surface area contributed by atoms with Gasteiger partial charge in [0.1, 0.15) is 0 Å². The summed E-state index contributed by atoms with van der Waals surface area (Å²) in [4.78, 5) is 10.4. The SMILES string of the molecule is O=C(O)C=CCCCCC1CSCC1CCSC1CCCCC1. The number of thioether (sulfide) groups is 2. The first-order valence-electron chi connectivity index (χ1n) is 9.34. The van der Waals surface area contributed by atoms with Crippen LogP contribution in [-0.2, 0) is 4.79 Å². The molecule has 1 N–H and O–H groups in total. The third-order valence-electron chi connectivity index (χ3n) is 5.18. The fraction of sp³-hybridized carbons (Fsp3) is 0.842. The molecule has 1 saturated carbocycles. The quantitative estimate of drug-likeness (QED) is 0.407. The van der Waals surface area contributed by atoms with E-state index in [1.807, 2.05) is 0 Å². The Balaban J connectivity index is 1.54. The minimum absolute atomic E-state index is 0.826. The van der Waals surface area contributed by atoms with Crippen LogP contribution in [0.4, 0.5) is 0 Å². The first-order valence-corrected chi connectivity index (χ1v) is 11.5. The van der Waals surface area contributed by atoms with Gasteiger partial charge in [0.25, 0.3) is 0 Å². The van der Waals surface area contributed by atoms with Gasteiger partial charge in [0.15, 0.2) is 0 Å². The molecule has 0 aromatic heterocycles. The van der Waals surface area contributed by atoms with Gasteiger partial charge >= 0.3 is 5.97 Å². The lowest BCUT2D eigenvalue weighted by molar-refractivity contribution is -0.131. The molecular formula is C19H32O2S2. The highest BCUT2D eigenvalue weighted by atomic mass is 32.2. The predicted octanol–water partition coefficient (Wildman–Crippen LogP) is 5.62. The van der Waals surface area contributed by atoms with Gasteiger partial charge in [-0.3, -0.25) is 0 Å². The minimum Gasteiger partial charge on any atom is -0.478 e. The summed E-state index contributed by atoms with van der Waals surface area (Å²) in [5, 5.41) is 9.52. The molecule has 23 heavy (non-hydrogen) atoms. The lowest BCUT2D eigenvalue weighted by Crippen LogP contribution is -2.15. The Kier molecular flexibility index (Phi) is 9.59. The van der Waals surface area contributed by atoms with Gasteiger partial charge in [0, 0.05) is 11.3 Å². The average molecular weight is 357 g/mol. The Morgan fingerprint density at radius 3 is 2.57 bits per heavy atom. The van der Waals surface area contributed by atoms with E-state index in [-0.39, 0.29) is 0 Å². The van der Waals surface area contributed by atoms with Gasteiger partial charge in [-0.2, -0.15) is 23.5 Å². The van der Waals surface area contributed by atoms with Crippen molar-refractivity contribution in [3.05, 3.63) is 12.2 Å². The second kappa shape index (κ2) is 11.5. The molecule has 2 atom stereocenters. The van der Waals surface area contributed by atoms with E-state index in [2.05, 4.69) is 23.5 Å². The number of allylic oxidation sites excluding steroid dienone is 1. The number of unbranched alkanes of at least 4 members (excludes halogenated alkanes) is 2. The predicted molar refractivity (Wildman–Crippen MR) is 103 cm³/mol. The van der Waals surface area contributed by atoms with E-state index in [0.717, 1.165) is 29.9 Å². The molecule has 0 bridgehead atoms. The highest BCUT2D eigenvalue weighted by Crippen LogP contribution is 2.37. The van der Waals surface area contributed by atoms with Gasteiger partial charge in [-0.25, -0.2) is 4.79 Å². The molecule has 2 nitrogen and oxygen atoms in total. The summed E-state index contributed by atoms with van der Waals surface area (Å²) in [6, 6.07) is 0. The molecule has 4 heteroatoms. The van der Waals surface area contributed by atoms with Crippen molar-refractivity contribution in [2.24, 2.45) is 11.8 Å². The maximum Gasteiger partial charge on any atom is 0.327 e. The summed E-state index contributed by atoms with van der Waals surface area (Å²) in [5.41, 5.74) is 0. The first-order chi connectivity index (χ1) is 11.3. The van der Waals surface area contributed by atoms with E-state index in [4.69, 9.17) is 5.11 Å². The summed E-state index contributed by atoms with van der Waals surface area (Å²) in [5.74, 6) is 5.11. The summed E-state index contributed by atoms with van der Waals surface area (Å²) in [6.45, 7) is 0. The maximum absolute atomic E-state index is 10.4. The van der Waals surface area contributed by atoms with Crippen molar-refractivity contribution >= 4 is 29.5 Å². The zero-order valence-corrected chi connectivity index (χ0v) is 15.9. The topological polar surface area (TPSA) is 37.3 Å². The van der Waals surface area contributed by atoms with Gasteiger partial charge in [0.05, 0.1) is 0 Å². The Hall–Kier alpha value is -0.0900. The number of aliphatic carboxylic acids is 1. The molecule has 2 fully saturated rings. The summed E-state index contributed by atoms with van der Waals surface area (Å²) in [7, 11) is 0. The second-order valence-electron chi connectivity index (χ2n) is 7.00. The highest BCUT2D eigenvalue weighted by molar-refractivity contribution is 8.00. The molecule has 0 aromatic carbocycles. The normalized spacial score (nSPS) is 26.1. The van der Waals surface area contributed by atoms with Gasteiger partial charge < -0.3 is 5.11 Å². The van der Waals surface area contributed by atoms with Gasteiger partial charge in [-0.15, -0.1) is 0 Å². The van der Waals surface area contributed by atoms with Crippen molar-refractivity contribution in [3.8, 4) is 0 Å². The zero-order chi connectivity index (χ0) is 16.3. The van der Waals surface area contributed by atoms with Crippen molar-refractivity contribution in [2.75, 3.05) is 17.3 Å². The Morgan fingerprint density at radius 1 is 1.09 bits per heavy atom. The third-order valence-corrected chi connectivity index (χ3v) is 7.92. The number of carboxylic acid groups (broad SMARTS) is 1. The van der Waals surface area contributed by atoms with E-state index < -0.39 is 5.97 Å². The van der Waals surface area contributed by atoms with Crippen LogP contribution < -0.4 is 0 Å². The van der Waals surface area contributed by atoms with Crippen LogP contribution in [0.5, 0.6) is 0 Å². The molecule has 132 valence electrons. The second-order valence-corrected chi connectivity index (χ2v) is 9.49. The van der Waals surface area contributed by atoms with Crippen molar-refractivity contribution in [3.63, 3.8) is 0 Å². The van der Waals surface area contributed by atoms with Crippen LogP contribution in [0.3, 0.4) is 0 Å². The Bertz CT molecular complexity index is 364. The lowest BCUT2D eigenvalue weighted by Gasteiger charge is -2.23. The lowest BCUT2D eigenvalue weighted by atomic mass is 9.89. The van der Waals surface area contributed by atoms with E-state index in [1.54, 1.807) is 6.08 Å². The molecule has 0 spiro atoms. The monoisotopic (exact) mass is 356 g/mol. The molecule has 1 saturated heterocycles. The fourth-order valence-electron chi connectivity index (χ4n) is 3.75. The van der Waals surface area contributed by atoms with E-state index in [9.17, 15) is 4.79 Å². The van der Waals surface area contributed by atoms with Crippen molar-refractivity contribution in [1.82, 2.24) is 0 Å². The fourth-order valence-corrected chi connectivity index (χ4v) is 6.81. The molecule has 1 heterocycles. The Morgan fingerprint density at radius 2 is 1.83 bits per heavy atom. The van der Waals surface area contributed by atoms with Crippen LogP contribution in [0.1, 0.15) is 64.2 Å². The van der Waals surface area contributed by atoms with Crippen LogP contribution in [-0.4, -0.2) is 33.6 Å². The van der Waals surface area contributed by atoms with E-state index in [1.165, 1.54) is 74.7 Å². The van der Waals surface area contributed by atoms with Crippen molar-refractivity contribution < 1.29 is 9.90 Å². The molecule has 2 rings (SSSR count). The average Bonchev–Trinajstić information content (AvgIpc) is 2.99.